The fourth-order valence-electron chi connectivity index (χ4n) is 3.12. The Kier molecular flexibility index (Phi) is 5.05. The molecule has 0 aliphatic rings. The van der Waals surface area contributed by atoms with Crippen molar-refractivity contribution in [2.45, 2.75) is 6.54 Å². The average molecular weight is 409 g/mol. The van der Waals surface area contributed by atoms with Crippen LogP contribution >= 0.6 is 0 Å². The van der Waals surface area contributed by atoms with E-state index < -0.39 is 28.9 Å². The van der Waals surface area contributed by atoms with E-state index >= 15 is 0 Å². The number of carbonyl (C=O) groups is 1. The van der Waals surface area contributed by atoms with Gasteiger partial charge in [-0.05, 0) is 23.8 Å². The van der Waals surface area contributed by atoms with Crippen LogP contribution in [-0.2, 0) is 6.54 Å². The number of amides is 1. The van der Waals surface area contributed by atoms with Gasteiger partial charge in [0.25, 0.3) is 11.5 Å². The van der Waals surface area contributed by atoms with Crippen molar-refractivity contribution in [2.24, 2.45) is 0 Å². The van der Waals surface area contributed by atoms with E-state index in [0.717, 1.165) is 10.1 Å². The summed E-state index contributed by atoms with van der Waals surface area (Å²) in [6, 6.07) is 11.3. The number of nitrogens with one attached hydrogen (secondary N) is 1. The Morgan fingerprint density at radius 3 is 2.27 bits per heavy atom. The normalized spacial score (nSPS) is 10.9. The summed E-state index contributed by atoms with van der Waals surface area (Å²) in [5.41, 5.74) is 0.120. The maximum atomic E-state index is 13.7. The van der Waals surface area contributed by atoms with Crippen LogP contribution in [0, 0.1) is 17.5 Å². The molecular weight excluding hydrogens is 395 g/mol. The lowest BCUT2D eigenvalue weighted by atomic mass is 10.1. The minimum absolute atomic E-state index is 0.129. The highest BCUT2D eigenvalue weighted by atomic mass is 19.2. The second-order valence-electron chi connectivity index (χ2n) is 6.53. The predicted octanol–water partition coefficient (Wildman–Crippen LogP) is 3.73. The molecule has 0 aliphatic carbocycles. The number of carbonyl (C=O) groups excluding carboxylic acids is 1. The average Bonchev–Trinajstić information content (AvgIpc) is 2.76. The number of hydrogen-bond donors (Lipinski definition) is 1. The van der Waals surface area contributed by atoms with Gasteiger partial charge in [-0.3, -0.25) is 19.1 Å². The third-order valence-electron chi connectivity index (χ3n) is 4.62. The summed E-state index contributed by atoms with van der Waals surface area (Å²) in [5, 5.41) is 3.31. The minimum Gasteiger partial charge on any atom is -0.348 e. The molecule has 4 rings (SSSR count). The van der Waals surface area contributed by atoms with Gasteiger partial charge in [-0.1, -0.05) is 18.2 Å². The van der Waals surface area contributed by atoms with Gasteiger partial charge in [0.15, 0.2) is 17.5 Å². The minimum atomic E-state index is -1.64. The number of fused-ring (bicyclic) bond motifs is 1. The van der Waals surface area contributed by atoms with E-state index in [1.807, 2.05) is 0 Å². The molecule has 0 bridgehead atoms. The number of aromatic nitrogens is 2. The summed E-state index contributed by atoms with van der Waals surface area (Å²) in [5.74, 6) is -5.00. The molecule has 0 aliphatic heterocycles. The molecule has 1 amide bonds. The Balaban J connectivity index is 1.83. The molecule has 0 unspecified atom stereocenters. The molecule has 8 heteroatoms. The van der Waals surface area contributed by atoms with Gasteiger partial charge in [-0.15, -0.1) is 0 Å². The third-order valence-corrected chi connectivity index (χ3v) is 4.62. The molecule has 150 valence electrons. The quantitative estimate of drug-likeness (QED) is 0.523. The Morgan fingerprint density at radius 2 is 1.60 bits per heavy atom. The Morgan fingerprint density at radius 1 is 0.967 bits per heavy atom. The largest absolute Gasteiger partial charge is 0.348 e. The van der Waals surface area contributed by atoms with Crippen LogP contribution in [0.2, 0.25) is 0 Å². The first-order chi connectivity index (χ1) is 14.5. The van der Waals surface area contributed by atoms with Crippen molar-refractivity contribution in [1.29, 1.82) is 0 Å². The van der Waals surface area contributed by atoms with Crippen molar-refractivity contribution in [3.8, 4) is 5.69 Å². The molecule has 0 atom stereocenters. The van der Waals surface area contributed by atoms with Crippen molar-refractivity contribution < 1.29 is 18.0 Å². The first-order valence-electron chi connectivity index (χ1n) is 8.92. The van der Waals surface area contributed by atoms with E-state index in [-0.39, 0.29) is 23.2 Å². The molecule has 2 aromatic heterocycles. The number of benzene rings is 2. The van der Waals surface area contributed by atoms with E-state index in [1.165, 1.54) is 12.3 Å². The molecule has 0 spiro atoms. The standard InChI is InChI=1S/C22H14F3N3O2/c23-18-9-14(10-19(24)20(18)25)28-12-17(15-3-1-2-4-16(15)22(28)30)21(29)27-11-13-5-7-26-8-6-13/h1-10,12H,11H2,(H,27,29). The highest BCUT2D eigenvalue weighted by molar-refractivity contribution is 6.06. The smallest absolute Gasteiger partial charge is 0.262 e. The van der Waals surface area contributed by atoms with E-state index in [4.69, 9.17) is 0 Å². The maximum absolute atomic E-state index is 13.7. The summed E-state index contributed by atoms with van der Waals surface area (Å²) < 4.78 is 41.7. The van der Waals surface area contributed by atoms with Crippen molar-refractivity contribution >= 4 is 16.7 Å². The topological polar surface area (TPSA) is 64.0 Å². The van der Waals surface area contributed by atoms with Gasteiger partial charge in [0.1, 0.15) is 0 Å². The number of halogens is 3. The van der Waals surface area contributed by atoms with E-state index in [2.05, 4.69) is 10.3 Å². The van der Waals surface area contributed by atoms with E-state index in [9.17, 15) is 22.8 Å². The van der Waals surface area contributed by atoms with Crippen molar-refractivity contribution in [3.05, 3.63) is 106 Å². The Labute approximate surface area is 168 Å². The zero-order valence-electron chi connectivity index (χ0n) is 15.4. The van der Waals surface area contributed by atoms with Gasteiger partial charge < -0.3 is 5.32 Å². The second kappa shape index (κ2) is 7.82. The van der Waals surface area contributed by atoms with Gasteiger partial charge in [0, 0.05) is 48.0 Å². The first-order valence-corrected chi connectivity index (χ1v) is 8.92. The van der Waals surface area contributed by atoms with Crippen molar-refractivity contribution in [2.75, 3.05) is 0 Å². The van der Waals surface area contributed by atoms with Crippen molar-refractivity contribution in [3.63, 3.8) is 0 Å². The maximum Gasteiger partial charge on any atom is 0.262 e. The molecule has 0 fully saturated rings. The number of nitrogens with zero attached hydrogens (tertiary/aromatic N) is 2. The molecule has 2 heterocycles. The SMILES string of the molecule is O=C(NCc1ccncc1)c1cn(-c2cc(F)c(F)c(F)c2)c(=O)c2ccccc12. The summed E-state index contributed by atoms with van der Waals surface area (Å²) in [7, 11) is 0. The van der Waals surface area contributed by atoms with Gasteiger partial charge in [-0.2, -0.15) is 0 Å². The van der Waals surface area contributed by atoms with E-state index in [1.54, 1.807) is 42.7 Å². The summed E-state index contributed by atoms with van der Waals surface area (Å²) >= 11 is 0. The van der Waals surface area contributed by atoms with Gasteiger partial charge in [0.05, 0.1) is 11.3 Å². The third kappa shape index (κ3) is 3.55. The summed E-state index contributed by atoms with van der Waals surface area (Å²) in [4.78, 5) is 29.6. The van der Waals surface area contributed by atoms with Gasteiger partial charge >= 0.3 is 0 Å². The van der Waals surface area contributed by atoms with Crippen LogP contribution in [0.5, 0.6) is 0 Å². The number of pyridine rings is 2. The molecule has 0 radical (unpaired) electrons. The number of rotatable bonds is 4. The number of hydrogen-bond acceptors (Lipinski definition) is 3. The van der Waals surface area contributed by atoms with Crippen molar-refractivity contribution in [1.82, 2.24) is 14.9 Å². The molecule has 0 saturated heterocycles. The highest BCUT2D eigenvalue weighted by Crippen LogP contribution is 2.20. The molecule has 30 heavy (non-hydrogen) atoms. The molecule has 4 aromatic rings. The van der Waals surface area contributed by atoms with Crippen LogP contribution in [-0.4, -0.2) is 15.5 Å². The fraction of sp³-hybridized carbons (Fsp3) is 0.0455. The van der Waals surface area contributed by atoms with Crippen LogP contribution < -0.4 is 10.9 Å². The van der Waals surface area contributed by atoms with Crippen LogP contribution in [0.4, 0.5) is 13.2 Å². The zero-order chi connectivity index (χ0) is 21.3. The molecular formula is C22H14F3N3O2. The van der Waals surface area contributed by atoms with Crippen LogP contribution in [0.1, 0.15) is 15.9 Å². The zero-order valence-corrected chi connectivity index (χ0v) is 15.4. The van der Waals surface area contributed by atoms with Gasteiger partial charge in [0.2, 0.25) is 0 Å². The molecule has 1 N–H and O–H groups in total. The van der Waals surface area contributed by atoms with Crippen LogP contribution in [0.3, 0.4) is 0 Å². The lowest BCUT2D eigenvalue weighted by Gasteiger charge is -2.13. The monoisotopic (exact) mass is 409 g/mol. The van der Waals surface area contributed by atoms with Crippen LogP contribution in [0.25, 0.3) is 16.5 Å². The second-order valence-corrected chi connectivity index (χ2v) is 6.53. The molecule has 2 aromatic carbocycles. The predicted molar refractivity (Wildman–Crippen MR) is 105 cm³/mol. The Bertz CT molecular complexity index is 1300. The first kappa shape index (κ1) is 19.4. The molecule has 5 nitrogen and oxygen atoms in total. The van der Waals surface area contributed by atoms with E-state index in [0.29, 0.717) is 17.5 Å². The lowest BCUT2D eigenvalue weighted by Crippen LogP contribution is -2.27. The highest BCUT2D eigenvalue weighted by Gasteiger charge is 2.18. The summed E-state index contributed by atoms with van der Waals surface area (Å²) in [6.07, 6.45) is 4.38. The lowest BCUT2D eigenvalue weighted by molar-refractivity contribution is 0.0952. The Hall–Kier alpha value is -3.94. The van der Waals surface area contributed by atoms with Crippen LogP contribution in [0.15, 0.2) is 71.9 Å². The summed E-state index contributed by atoms with van der Waals surface area (Å²) in [6.45, 7) is 0.217. The van der Waals surface area contributed by atoms with Gasteiger partial charge in [-0.25, -0.2) is 13.2 Å². The molecule has 0 saturated carbocycles. The fourth-order valence-corrected chi connectivity index (χ4v) is 3.12.